The summed E-state index contributed by atoms with van der Waals surface area (Å²) in [6.07, 6.45) is 4.49. The maximum Gasteiger partial charge on any atom is 0.292 e. The number of aryl methyl sites for hydroxylation is 2. The molecular formula is C13H16N4O2. The third-order valence-electron chi connectivity index (χ3n) is 2.79. The summed E-state index contributed by atoms with van der Waals surface area (Å²) in [6.45, 7) is 3.38. The van der Waals surface area contributed by atoms with Crippen molar-refractivity contribution in [2.75, 3.05) is 11.9 Å². The number of nitro benzene ring substituents is 1. The second-order valence-electron chi connectivity index (χ2n) is 4.33. The zero-order valence-electron chi connectivity index (χ0n) is 10.7. The first kappa shape index (κ1) is 13.1. The molecular weight excluding hydrogens is 244 g/mol. The molecule has 6 heteroatoms. The normalized spacial score (nSPS) is 10.4. The van der Waals surface area contributed by atoms with Gasteiger partial charge in [-0.1, -0.05) is 6.07 Å². The summed E-state index contributed by atoms with van der Waals surface area (Å²) in [4.78, 5) is 10.5. The molecule has 0 unspecified atom stereocenters. The van der Waals surface area contributed by atoms with Crippen LogP contribution in [0.3, 0.4) is 0 Å². The third kappa shape index (κ3) is 3.54. The van der Waals surface area contributed by atoms with Crippen molar-refractivity contribution in [1.82, 2.24) is 9.78 Å². The number of anilines is 1. The van der Waals surface area contributed by atoms with E-state index in [1.165, 1.54) is 6.07 Å². The summed E-state index contributed by atoms with van der Waals surface area (Å²) in [5.74, 6) is 0. The summed E-state index contributed by atoms with van der Waals surface area (Å²) in [6, 6.07) is 6.95. The Bertz CT molecular complexity index is 552. The van der Waals surface area contributed by atoms with Gasteiger partial charge in [0.1, 0.15) is 5.69 Å². The number of hydrogen-bond donors (Lipinski definition) is 1. The molecule has 0 saturated heterocycles. The van der Waals surface area contributed by atoms with Gasteiger partial charge in [-0.2, -0.15) is 5.10 Å². The van der Waals surface area contributed by atoms with Gasteiger partial charge in [0.15, 0.2) is 0 Å². The fourth-order valence-corrected chi connectivity index (χ4v) is 1.85. The number of rotatable bonds is 6. The van der Waals surface area contributed by atoms with Crippen molar-refractivity contribution < 1.29 is 4.92 Å². The zero-order chi connectivity index (χ0) is 13.7. The molecule has 19 heavy (non-hydrogen) atoms. The number of hydrogen-bond acceptors (Lipinski definition) is 4. The molecule has 2 rings (SSSR count). The lowest BCUT2D eigenvalue weighted by molar-refractivity contribution is -0.384. The molecule has 2 aromatic rings. The van der Waals surface area contributed by atoms with Crippen molar-refractivity contribution in [2.45, 2.75) is 19.9 Å². The van der Waals surface area contributed by atoms with Gasteiger partial charge in [-0.05, 0) is 31.0 Å². The molecule has 6 nitrogen and oxygen atoms in total. The van der Waals surface area contributed by atoms with E-state index in [1.54, 1.807) is 18.3 Å². The number of aromatic nitrogens is 2. The quantitative estimate of drug-likeness (QED) is 0.492. The molecule has 0 amide bonds. The highest BCUT2D eigenvalue weighted by Gasteiger charge is 2.12. The molecule has 1 N–H and O–H groups in total. The van der Waals surface area contributed by atoms with E-state index >= 15 is 0 Å². The standard InChI is InChI=1S/C13H16N4O2/c1-11-4-5-13(17(18)19)12(10-11)14-6-2-8-16-9-3-7-15-16/h3-5,7,9-10,14H,2,6,8H2,1H3. The van der Waals surface area contributed by atoms with E-state index in [1.807, 2.05) is 23.9 Å². The van der Waals surface area contributed by atoms with E-state index in [2.05, 4.69) is 10.4 Å². The molecule has 0 radical (unpaired) electrons. The van der Waals surface area contributed by atoms with Gasteiger partial charge in [0.25, 0.3) is 5.69 Å². The van der Waals surface area contributed by atoms with Gasteiger partial charge in [0, 0.05) is 31.5 Å². The Labute approximate surface area is 111 Å². The van der Waals surface area contributed by atoms with Gasteiger partial charge >= 0.3 is 0 Å². The van der Waals surface area contributed by atoms with Crippen molar-refractivity contribution in [3.63, 3.8) is 0 Å². The number of nitrogens with zero attached hydrogens (tertiary/aromatic N) is 3. The van der Waals surface area contributed by atoms with E-state index in [4.69, 9.17) is 0 Å². The van der Waals surface area contributed by atoms with Gasteiger partial charge in [0.05, 0.1) is 4.92 Å². The first-order valence-electron chi connectivity index (χ1n) is 6.13. The monoisotopic (exact) mass is 260 g/mol. The lowest BCUT2D eigenvalue weighted by Crippen LogP contribution is -2.08. The van der Waals surface area contributed by atoms with Gasteiger partial charge in [0.2, 0.25) is 0 Å². The van der Waals surface area contributed by atoms with Crippen LogP contribution in [0.4, 0.5) is 11.4 Å². The van der Waals surface area contributed by atoms with E-state index in [0.717, 1.165) is 18.5 Å². The Kier molecular flexibility index (Phi) is 4.12. The van der Waals surface area contributed by atoms with Crippen LogP contribution in [-0.4, -0.2) is 21.2 Å². The molecule has 0 aliphatic carbocycles. The van der Waals surface area contributed by atoms with E-state index < -0.39 is 0 Å². The molecule has 0 aliphatic heterocycles. The predicted octanol–water partition coefficient (Wildman–Crippen LogP) is 2.60. The van der Waals surface area contributed by atoms with Crippen LogP contribution in [0.2, 0.25) is 0 Å². The van der Waals surface area contributed by atoms with E-state index in [0.29, 0.717) is 12.2 Å². The van der Waals surface area contributed by atoms with Gasteiger partial charge in [-0.25, -0.2) is 0 Å². The summed E-state index contributed by atoms with van der Waals surface area (Å²) in [7, 11) is 0. The molecule has 0 spiro atoms. The minimum Gasteiger partial charge on any atom is -0.379 e. The van der Waals surface area contributed by atoms with Crippen molar-refractivity contribution in [2.24, 2.45) is 0 Å². The molecule has 1 heterocycles. The highest BCUT2D eigenvalue weighted by molar-refractivity contribution is 5.62. The van der Waals surface area contributed by atoms with Gasteiger partial charge in [-0.15, -0.1) is 0 Å². The minimum absolute atomic E-state index is 0.115. The summed E-state index contributed by atoms with van der Waals surface area (Å²) in [5, 5.41) is 18.1. The van der Waals surface area contributed by atoms with Crippen molar-refractivity contribution in [3.05, 3.63) is 52.3 Å². The van der Waals surface area contributed by atoms with Crippen LogP contribution < -0.4 is 5.32 Å². The molecule has 1 aromatic heterocycles. The lowest BCUT2D eigenvalue weighted by atomic mass is 10.2. The maximum atomic E-state index is 10.9. The molecule has 0 atom stereocenters. The molecule has 0 bridgehead atoms. The highest BCUT2D eigenvalue weighted by Crippen LogP contribution is 2.24. The van der Waals surface area contributed by atoms with E-state index in [-0.39, 0.29) is 10.6 Å². The van der Waals surface area contributed by atoms with Crippen LogP contribution in [0, 0.1) is 17.0 Å². The first-order valence-corrected chi connectivity index (χ1v) is 6.13. The molecule has 0 aliphatic rings. The zero-order valence-corrected chi connectivity index (χ0v) is 10.7. The Morgan fingerprint density at radius 3 is 3.00 bits per heavy atom. The first-order chi connectivity index (χ1) is 9.16. The smallest absolute Gasteiger partial charge is 0.292 e. The van der Waals surface area contributed by atoms with Crippen LogP contribution in [0.1, 0.15) is 12.0 Å². The van der Waals surface area contributed by atoms with Crippen molar-refractivity contribution in [1.29, 1.82) is 0 Å². The average Bonchev–Trinajstić information content (AvgIpc) is 2.87. The topological polar surface area (TPSA) is 73.0 Å². The molecule has 100 valence electrons. The van der Waals surface area contributed by atoms with Crippen LogP contribution >= 0.6 is 0 Å². The summed E-state index contributed by atoms with van der Waals surface area (Å²) in [5.41, 5.74) is 1.69. The molecule has 0 fully saturated rings. The minimum atomic E-state index is -0.366. The third-order valence-corrected chi connectivity index (χ3v) is 2.79. The number of nitro groups is 1. The largest absolute Gasteiger partial charge is 0.379 e. The summed E-state index contributed by atoms with van der Waals surface area (Å²) >= 11 is 0. The maximum absolute atomic E-state index is 10.9. The number of benzene rings is 1. The van der Waals surface area contributed by atoms with Gasteiger partial charge < -0.3 is 5.32 Å². The predicted molar refractivity (Wildman–Crippen MR) is 73.2 cm³/mol. The Morgan fingerprint density at radius 2 is 2.32 bits per heavy atom. The van der Waals surface area contributed by atoms with Crippen LogP contribution in [-0.2, 0) is 6.54 Å². The lowest BCUT2D eigenvalue weighted by Gasteiger charge is -2.08. The SMILES string of the molecule is Cc1ccc([N+](=O)[O-])c(NCCCn2cccn2)c1. The van der Waals surface area contributed by atoms with Crippen LogP contribution in [0.25, 0.3) is 0 Å². The second kappa shape index (κ2) is 5.99. The van der Waals surface area contributed by atoms with Crippen molar-refractivity contribution in [3.8, 4) is 0 Å². The Balaban J connectivity index is 1.91. The Morgan fingerprint density at radius 1 is 1.47 bits per heavy atom. The Hall–Kier alpha value is -2.37. The fraction of sp³-hybridized carbons (Fsp3) is 0.308. The average molecular weight is 260 g/mol. The number of nitrogens with one attached hydrogen (secondary N) is 1. The highest BCUT2D eigenvalue weighted by atomic mass is 16.6. The van der Waals surface area contributed by atoms with Crippen LogP contribution in [0.15, 0.2) is 36.7 Å². The van der Waals surface area contributed by atoms with Gasteiger partial charge in [-0.3, -0.25) is 14.8 Å². The fourth-order valence-electron chi connectivity index (χ4n) is 1.85. The van der Waals surface area contributed by atoms with Crippen molar-refractivity contribution >= 4 is 11.4 Å². The second-order valence-corrected chi connectivity index (χ2v) is 4.33. The molecule has 0 saturated carbocycles. The van der Waals surface area contributed by atoms with Crippen LogP contribution in [0.5, 0.6) is 0 Å². The van der Waals surface area contributed by atoms with E-state index in [9.17, 15) is 10.1 Å². The summed E-state index contributed by atoms with van der Waals surface area (Å²) < 4.78 is 1.84. The molecule has 1 aromatic carbocycles.